The molecule has 0 saturated carbocycles. The molecule has 18 heavy (non-hydrogen) atoms. The number of likely N-dealkylation sites (N-methyl/N-ethyl adjacent to an activating group) is 1. The standard InChI is InChI=1S/C12H23N5O/c1-6-16(5)11(18)9-17-8-10(14-15-17)7-13-12(2,3)4/h8,13H,6-7,9H2,1-5H3. The van der Waals surface area contributed by atoms with Gasteiger partial charge in [-0.2, -0.15) is 0 Å². The fourth-order valence-corrected chi connectivity index (χ4v) is 1.29. The van der Waals surface area contributed by atoms with Gasteiger partial charge in [-0.3, -0.25) is 4.79 Å². The average molecular weight is 253 g/mol. The van der Waals surface area contributed by atoms with Crippen LogP contribution in [0.15, 0.2) is 6.20 Å². The van der Waals surface area contributed by atoms with E-state index in [-0.39, 0.29) is 18.0 Å². The largest absolute Gasteiger partial charge is 0.344 e. The van der Waals surface area contributed by atoms with Crippen LogP contribution in [0.1, 0.15) is 33.4 Å². The molecule has 1 aromatic rings. The maximum atomic E-state index is 11.7. The third kappa shape index (κ3) is 4.83. The number of hydrogen-bond donors (Lipinski definition) is 1. The van der Waals surface area contributed by atoms with Gasteiger partial charge >= 0.3 is 0 Å². The van der Waals surface area contributed by atoms with Crippen LogP contribution in [0.4, 0.5) is 0 Å². The van der Waals surface area contributed by atoms with E-state index in [1.807, 2.05) is 6.92 Å². The zero-order valence-electron chi connectivity index (χ0n) is 11.9. The second kappa shape index (κ2) is 5.95. The van der Waals surface area contributed by atoms with Crippen molar-refractivity contribution in [3.63, 3.8) is 0 Å². The fraction of sp³-hybridized carbons (Fsp3) is 0.750. The van der Waals surface area contributed by atoms with Crippen LogP contribution in [0, 0.1) is 0 Å². The molecular weight excluding hydrogens is 230 g/mol. The quantitative estimate of drug-likeness (QED) is 0.836. The molecule has 1 rings (SSSR count). The van der Waals surface area contributed by atoms with E-state index in [0.29, 0.717) is 13.1 Å². The lowest BCUT2D eigenvalue weighted by molar-refractivity contribution is -0.130. The van der Waals surface area contributed by atoms with Crippen LogP contribution in [0.2, 0.25) is 0 Å². The number of nitrogens with zero attached hydrogens (tertiary/aromatic N) is 4. The number of hydrogen-bond acceptors (Lipinski definition) is 4. The van der Waals surface area contributed by atoms with E-state index in [0.717, 1.165) is 5.69 Å². The molecule has 0 fully saturated rings. The second-order valence-corrected chi connectivity index (χ2v) is 5.42. The molecule has 6 heteroatoms. The summed E-state index contributed by atoms with van der Waals surface area (Å²) in [6.45, 7) is 9.82. The first kappa shape index (κ1) is 14.6. The lowest BCUT2D eigenvalue weighted by atomic mass is 10.1. The van der Waals surface area contributed by atoms with E-state index in [2.05, 4.69) is 36.4 Å². The topological polar surface area (TPSA) is 63.1 Å². The third-order valence-electron chi connectivity index (χ3n) is 2.58. The van der Waals surface area contributed by atoms with Crippen LogP contribution in [-0.2, 0) is 17.9 Å². The predicted molar refractivity (Wildman–Crippen MR) is 69.9 cm³/mol. The summed E-state index contributed by atoms with van der Waals surface area (Å²) >= 11 is 0. The molecule has 0 atom stereocenters. The van der Waals surface area contributed by atoms with E-state index < -0.39 is 0 Å². The molecule has 0 aliphatic carbocycles. The smallest absolute Gasteiger partial charge is 0.244 e. The number of rotatable bonds is 5. The van der Waals surface area contributed by atoms with Crippen LogP contribution in [0.5, 0.6) is 0 Å². The highest BCUT2D eigenvalue weighted by Crippen LogP contribution is 2.01. The summed E-state index contributed by atoms with van der Waals surface area (Å²) in [6, 6.07) is 0. The Morgan fingerprint density at radius 3 is 2.72 bits per heavy atom. The van der Waals surface area contributed by atoms with E-state index >= 15 is 0 Å². The first-order valence-corrected chi connectivity index (χ1v) is 6.20. The Hall–Kier alpha value is -1.43. The molecule has 0 unspecified atom stereocenters. The number of carbonyl (C=O) groups is 1. The summed E-state index contributed by atoms with van der Waals surface area (Å²) in [5.74, 6) is 0.0396. The van der Waals surface area contributed by atoms with Crippen molar-refractivity contribution >= 4 is 5.91 Å². The van der Waals surface area contributed by atoms with Crippen LogP contribution in [-0.4, -0.2) is 44.9 Å². The SMILES string of the molecule is CCN(C)C(=O)Cn1cc(CNC(C)(C)C)nn1. The summed E-state index contributed by atoms with van der Waals surface area (Å²) < 4.78 is 1.58. The minimum Gasteiger partial charge on any atom is -0.344 e. The van der Waals surface area contributed by atoms with Gasteiger partial charge in [0.1, 0.15) is 6.54 Å². The van der Waals surface area contributed by atoms with Gasteiger partial charge in [0, 0.05) is 25.7 Å². The van der Waals surface area contributed by atoms with Gasteiger partial charge in [0.25, 0.3) is 0 Å². The van der Waals surface area contributed by atoms with Crippen molar-refractivity contribution in [1.29, 1.82) is 0 Å². The van der Waals surface area contributed by atoms with Crippen molar-refractivity contribution in [3.05, 3.63) is 11.9 Å². The molecule has 0 bridgehead atoms. The van der Waals surface area contributed by atoms with Crippen molar-refractivity contribution in [2.75, 3.05) is 13.6 Å². The zero-order chi connectivity index (χ0) is 13.8. The average Bonchev–Trinajstić information content (AvgIpc) is 2.72. The van der Waals surface area contributed by atoms with Gasteiger partial charge in [0.15, 0.2) is 0 Å². The summed E-state index contributed by atoms with van der Waals surface area (Å²) in [7, 11) is 1.78. The Morgan fingerprint density at radius 1 is 1.50 bits per heavy atom. The van der Waals surface area contributed by atoms with E-state index in [4.69, 9.17) is 0 Å². The van der Waals surface area contributed by atoms with Gasteiger partial charge in [-0.25, -0.2) is 4.68 Å². The monoisotopic (exact) mass is 253 g/mol. The number of carbonyl (C=O) groups excluding carboxylic acids is 1. The number of amides is 1. The van der Waals surface area contributed by atoms with Gasteiger partial charge < -0.3 is 10.2 Å². The van der Waals surface area contributed by atoms with Gasteiger partial charge in [-0.05, 0) is 27.7 Å². The van der Waals surface area contributed by atoms with E-state index in [9.17, 15) is 4.79 Å². The molecule has 0 aliphatic rings. The molecule has 0 radical (unpaired) electrons. The van der Waals surface area contributed by atoms with Crippen LogP contribution in [0.3, 0.4) is 0 Å². The van der Waals surface area contributed by atoms with Crippen molar-refractivity contribution in [2.45, 2.75) is 46.3 Å². The maximum Gasteiger partial charge on any atom is 0.244 e. The van der Waals surface area contributed by atoms with Crippen LogP contribution < -0.4 is 5.32 Å². The minimum atomic E-state index is 0.0396. The number of aromatic nitrogens is 3. The summed E-state index contributed by atoms with van der Waals surface area (Å²) in [4.78, 5) is 13.4. The molecule has 1 amide bonds. The summed E-state index contributed by atoms with van der Waals surface area (Å²) in [6.07, 6.45) is 1.81. The van der Waals surface area contributed by atoms with Gasteiger partial charge in [-0.1, -0.05) is 5.21 Å². The fourth-order valence-electron chi connectivity index (χ4n) is 1.29. The molecule has 1 aromatic heterocycles. The van der Waals surface area contributed by atoms with Crippen molar-refractivity contribution in [1.82, 2.24) is 25.2 Å². The molecular formula is C12H23N5O. The van der Waals surface area contributed by atoms with Crippen molar-refractivity contribution in [3.8, 4) is 0 Å². The highest BCUT2D eigenvalue weighted by atomic mass is 16.2. The minimum absolute atomic E-state index is 0.0396. The van der Waals surface area contributed by atoms with E-state index in [1.165, 1.54) is 0 Å². The Labute approximate surface area is 108 Å². The Morgan fingerprint density at radius 2 is 2.17 bits per heavy atom. The Kier molecular flexibility index (Phi) is 4.84. The Balaban J connectivity index is 2.51. The molecule has 1 heterocycles. The molecule has 0 spiro atoms. The van der Waals surface area contributed by atoms with Crippen LogP contribution >= 0.6 is 0 Å². The normalized spacial score (nSPS) is 11.6. The molecule has 0 saturated heterocycles. The third-order valence-corrected chi connectivity index (χ3v) is 2.58. The summed E-state index contributed by atoms with van der Waals surface area (Å²) in [5, 5.41) is 11.3. The lowest BCUT2D eigenvalue weighted by Gasteiger charge is -2.19. The molecule has 0 aromatic carbocycles. The van der Waals surface area contributed by atoms with Crippen molar-refractivity contribution < 1.29 is 4.79 Å². The first-order chi connectivity index (χ1) is 8.31. The first-order valence-electron chi connectivity index (χ1n) is 6.20. The molecule has 102 valence electrons. The molecule has 1 N–H and O–H groups in total. The zero-order valence-corrected chi connectivity index (χ0v) is 11.9. The lowest BCUT2D eigenvalue weighted by Crippen LogP contribution is -2.35. The number of nitrogens with one attached hydrogen (secondary N) is 1. The van der Waals surface area contributed by atoms with Gasteiger partial charge in [0.05, 0.1) is 11.9 Å². The maximum absolute atomic E-state index is 11.7. The van der Waals surface area contributed by atoms with Crippen molar-refractivity contribution in [2.24, 2.45) is 0 Å². The summed E-state index contributed by atoms with van der Waals surface area (Å²) in [5.41, 5.74) is 0.888. The van der Waals surface area contributed by atoms with Crippen LogP contribution in [0.25, 0.3) is 0 Å². The predicted octanol–water partition coefficient (Wildman–Crippen LogP) is 0.644. The van der Waals surface area contributed by atoms with Gasteiger partial charge in [-0.15, -0.1) is 5.10 Å². The van der Waals surface area contributed by atoms with E-state index in [1.54, 1.807) is 22.8 Å². The highest BCUT2D eigenvalue weighted by Gasteiger charge is 2.12. The second-order valence-electron chi connectivity index (χ2n) is 5.42. The Bertz CT molecular complexity index is 393. The molecule has 6 nitrogen and oxygen atoms in total. The highest BCUT2D eigenvalue weighted by molar-refractivity contribution is 5.75. The molecule has 0 aliphatic heterocycles. The van der Waals surface area contributed by atoms with Gasteiger partial charge in [0.2, 0.25) is 5.91 Å².